The van der Waals surface area contributed by atoms with Gasteiger partial charge in [0, 0.05) is 26.1 Å². The fourth-order valence-corrected chi connectivity index (χ4v) is 2.32. The number of aromatic amines is 1. The van der Waals surface area contributed by atoms with Gasteiger partial charge in [-0.3, -0.25) is 4.79 Å². The highest BCUT2D eigenvalue weighted by molar-refractivity contribution is 5.21. The van der Waals surface area contributed by atoms with Gasteiger partial charge in [-0.15, -0.1) is 0 Å². The largest absolute Gasteiger partial charge is 0.370 e. The Bertz CT molecular complexity index is 449. The van der Waals surface area contributed by atoms with Crippen LogP contribution < -0.4 is 10.9 Å². The Morgan fingerprint density at radius 2 is 2.38 bits per heavy atom. The molecule has 0 amide bonds. The van der Waals surface area contributed by atoms with Crippen molar-refractivity contribution in [3.63, 3.8) is 0 Å². The van der Waals surface area contributed by atoms with Crippen molar-refractivity contribution in [2.45, 2.75) is 31.9 Å². The van der Waals surface area contributed by atoms with Crippen LogP contribution in [0.1, 0.15) is 36.0 Å². The van der Waals surface area contributed by atoms with Crippen LogP contribution in [-0.2, 0) is 17.7 Å². The van der Waals surface area contributed by atoms with Crippen LogP contribution >= 0.6 is 0 Å². The maximum absolute atomic E-state index is 11.9. The molecule has 1 aromatic rings. The lowest BCUT2D eigenvalue weighted by atomic mass is 10.1. The van der Waals surface area contributed by atoms with Crippen molar-refractivity contribution in [1.29, 1.82) is 0 Å². The van der Waals surface area contributed by atoms with E-state index in [0.29, 0.717) is 12.4 Å². The molecule has 3 heterocycles. The van der Waals surface area contributed by atoms with Crippen molar-refractivity contribution in [2.75, 3.05) is 13.2 Å². The fourth-order valence-electron chi connectivity index (χ4n) is 2.32. The number of hydrogen-bond donors (Lipinski definition) is 2. The van der Waals surface area contributed by atoms with Crippen molar-refractivity contribution in [3.8, 4) is 0 Å². The molecule has 1 saturated heterocycles. The Kier molecular flexibility index (Phi) is 2.49. The smallest absolute Gasteiger partial charge is 0.255 e. The van der Waals surface area contributed by atoms with Gasteiger partial charge in [-0.05, 0) is 12.8 Å². The summed E-state index contributed by atoms with van der Waals surface area (Å²) in [4.78, 5) is 19.2. The van der Waals surface area contributed by atoms with Gasteiger partial charge in [0.15, 0.2) is 0 Å². The molecule has 1 aromatic heterocycles. The van der Waals surface area contributed by atoms with Gasteiger partial charge in [-0.2, -0.15) is 0 Å². The lowest BCUT2D eigenvalue weighted by Crippen LogP contribution is -2.32. The normalized spacial score (nSPS) is 24.4. The minimum absolute atomic E-state index is 0.00659. The second kappa shape index (κ2) is 3.99. The highest BCUT2D eigenvalue weighted by Crippen LogP contribution is 2.25. The van der Waals surface area contributed by atoms with Crippen LogP contribution in [0.15, 0.2) is 4.79 Å². The van der Waals surface area contributed by atoms with E-state index in [1.807, 2.05) is 0 Å². The third-order valence-corrected chi connectivity index (χ3v) is 3.19. The van der Waals surface area contributed by atoms with Crippen LogP contribution in [0.4, 0.5) is 0 Å². The van der Waals surface area contributed by atoms with E-state index in [0.717, 1.165) is 43.7 Å². The summed E-state index contributed by atoms with van der Waals surface area (Å²) in [6.45, 7) is 2.30. The molecule has 3 rings (SSSR count). The van der Waals surface area contributed by atoms with Crippen LogP contribution in [0.5, 0.6) is 0 Å². The molecule has 0 saturated carbocycles. The summed E-state index contributed by atoms with van der Waals surface area (Å²) in [5.41, 5.74) is 1.71. The summed E-state index contributed by atoms with van der Waals surface area (Å²) in [7, 11) is 0. The predicted octanol–water partition coefficient (Wildman–Crippen LogP) is 0.267. The zero-order valence-electron chi connectivity index (χ0n) is 9.08. The second-order valence-corrected chi connectivity index (χ2v) is 4.30. The molecule has 0 aromatic carbocycles. The van der Waals surface area contributed by atoms with E-state index in [4.69, 9.17) is 4.74 Å². The van der Waals surface area contributed by atoms with Gasteiger partial charge in [0.2, 0.25) is 0 Å². The third-order valence-electron chi connectivity index (χ3n) is 3.19. The van der Waals surface area contributed by atoms with Crippen LogP contribution in [0, 0.1) is 0 Å². The van der Waals surface area contributed by atoms with Gasteiger partial charge in [-0.25, -0.2) is 4.98 Å². The first kappa shape index (κ1) is 9.99. The SMILES string of the molecule is O=c1[nH]c(C2CCCO2)nc2c1CNCC2. The lowest BCUT2D eigenvalue weighted by Gasteiger charge is -2.17. The Labute approximate surface area is 93.2 Å². The van der Waals surface area contributed by atoms with Gasteiger partial charge in [-0.1, -0.05) is 0 Å². The average molecular weight is 221 g/mol. The summed E-state index contributed by atoms with van der Waals surface area (Å²) >= 11 is 0. The molecule has 5 heteroatoms. The first-order valence-corrected chi connectivity index (χ1v) is 5.79. The molecule has 1 unspecified atom stereocenters. The molecule has 0 aliphatic carbocycles. The average Bonchev–Trinajstić information content (AvgIpc) is 2.82. The number of rotatable bonds is 1. The molecule has 16 heavy (non-hydrogen) atoms. The first-order chi connectivity index (χ1) is 7.84. The second-order valence-electron chi connectivity index (χ2n) is 4.30. The van der Waals surface area contributed by atoms with E-state index in [2.05, 4.69) is 15.3 Å². The standard InChI is InChI=1S/C11H15N3O2/c15-11-7-6-12-4-3-8(7)13-10(14-11)9-2-1-5-16-9/h9,12H,1-6H2,(H,13,14,15). The summed E-state index contributed by atoms with van der Waals surface area (Å²) in [5, 5.41) is 3.18. The number of hydrogen-bond acceptors (Lipinski definition) is 4. The summed E-state index contributed by atoms with van der Waals surface area (Å²) in [5.74, 6) is 0.711. The summed E-state index contributed by atoms with van der Waals surface area (Å²) in [6.07, 6.45) is 2.83. The Hall–Kier alpha value is -1.20. The van der Waals surface area contributed by atoms with Gasteiger partial charge in [0.05, 0.1) is 11.3 Å². The highest BCUT2D eigenvalue weighted by atomic mass is 16.5. The summed E-state index contributed by atoms with van der Waals surface area (Å²) < 4.78 is 5.54. The molecular weight excluding hydrogens is 206 g/mol. The van der Waals surface area contributed by atoms with Crippen molar-refractivity contribution >= 4 is 0 Å². The number of aromatic nitrogens is 2. The molecule has 2 aliphatic rings. The first-order valence-electron chi connectivity index (χ1n) is 5.79. The minimum atomic E-state index is -0.0114. The van der Waals surface area contributed by atoms with Gasteiger partial charge < -0.3 is 15.0 Å². The van der Waals surface area contributed by atoms with E-state index in [1.165, 1.54) is 0 Å². The Morgan fingerprint density at radius 1 is 1.44 bits per heavy atom. The topological polar surface area (TPSA) is 67.0 Å². The van der Waals surface area contributed by atoms with Gasteiger partial charge in [0.1, 0.15) is 11.9 Å². The molecule has 2 N–H and O–H groups in total. The highest BCUT2D eigenvalue weighted by Gasteiger charge is 2.23. The molecule has 1 atom stereocenters. The number of ether oxygens (including phenoxy) is 1. The molecule has 1 fully saturated rings. The van der Waals surface area contributed by atoms with Crippen LogP contribution in [0.2, 0.25) is 0 Å². The number of nitrogens with zero attached hydrogens (tertiary/aromatic N) is 1. The van der Waals surface area contributed by atoms with E-state index in [1.54, 1.807) is 0 Å². The zero-order valence-corrected chi connectivity index (χ0v) is 9.08. The molecule has 0 spiro atoms. The molecule has 86 valence electrons. The Balaban J connectivity index is 2.01. The lowest BCUT2D eigenvalue weighted by molar-refractivity contribution is 0.104. The number of fused-ring (bicyclic) bond motifs is 1. The van der Waals surface area contributed by atoms with Gasteiger partial charge in [0.25, 0.3) is 5.56 Å². The minimum Gasteiger partial charge on any atom is -0.370 e. The van der Waals surface area contributed by atoms with Crippen molar-refractivity contribution in [3.05, 3.63) is 27.4 Å². The molecule has 0 radical (unpaired) electrons. The maximum atomic E-state index is 11.9. The zero-order chi connectivity index (χ0) is 11.0. The van der Waals surface area contributed by atoms with E-state index < -0.39 is 0 Å². The van der Waals surface area contributed by atoms with E-state index in [-0.39, 0.29) is 11.7 Å². The van der Waals surface area contributed by atoms with E-state index >= 15 is 0 Å². The molecular formula is C11H15N3O2. The van der Waals surface area contributed by atoms with Crippen LogP contribution in [0.25, 0.3) is 0 Å². The van der Waals surface area contributed by atoms with Crippen LogP contribution in [0.3, 0.4) is 0 Å². The van der Waals surface area contributed by atoms with E-state index in [9.17, 15) is 4.79 Å². The quantitative estimate of drug-likeness (QED) is 0.714. The van der Waals surface area contributed by atoms with Crippen molar-refractivity contribution in [1.82, 2.24) is 15.3 Å². The summed E-state index contributed by atoms with van der Waals surface area (Å²) in [6, 6.07) is 0. The number of nitrogens with one attached hydrogen (secondary N) is 2. The molecule has 0 bridgehead atoms. The Morgan fingerprint density at radius 3 is 3.19 bits per heavy atom. The third kappa shape index (κ3) is 1.66. The van der Waals surface area contributed by atoms with Gasteiger partial charge >= 0.3 is 0 Å². The van der Waals surface area contributed by atoms with Crippen molar-refractivity contribution < 1.29 is 4.74 Å². The fraction of sp³-hybridized carbons (Fsp3) is 0.636. The van der Waals surface area contributed by atoms with Crippen molar-refractivity contribution in [2.24, 2.45) is 0 Å². The monoisotopic (exact) mass is 221 g/mol. The molecule has 5 nitrogen and oxygen atoms in total. The van der Waals surface area contributed by atoms with Crippen LogP contribution in [-0.4, -0.2) is 23.1 Å². The number of H-pyrrole nitrogens is 1. The predicted molar refractivity (Wildman–Crippen MR) is 58.2 cm³/mol. The molecule has 2 aliphatic heterocycles. The maximum Gasteiger partial charge on any atom is 0.255 e.